The van der Waals surface area contributed by atoms with E-state index in [1.807, 2.05) is 0 Å². The largest absolute Gasteiger partial charge is 0.396 e. The summed E-state index contributed by atoms with van der Waals surface area (Å²) in [6.07, 6.45) is 1.65. The Morgan fingerprint density at radius 1 is 1.29 bits per heavy atom. The predicted octanol–water partition coefficient (Wildman–Crippen LogP) is 2.20. The lowest BCUT2D eigenvalue weighted by atomic mass is 10.1. The Hall–Kier alpha value is -1.81. The van der Waals surface area contributed by atoms with E-state index < -0.39 is 5.82 Å². The molecule has 3 nitrogen and oxygen atoms in total. The second-order valence-corrected chi connectivity index (χ2v) is 3.57. The molecule has 2 aromatic rings. The fourth-order valence-corrected chi connectivity index (χ4v) is 1.51. The van der Waals surface area contributed by atoms with E-state index in [1.165, 1.54) is 16.7 Å². The lowest BCUT2D eigenvalue weighted by Gasteiger charge is -2.04. The summed E-state index contributed by atoms with van der Waals surface area (Å²) in [6.45, 7) is 0. The molecule has 1 heterocycles. The number of aromatic nitrogens is 1. The Labute approximate surface area is 104 Å². The number of aryl methyl sites for hydroxylation is 1. The third-order valence-electron chi connectivity index (χ3n) is 2.43. The quantitative estimate of drug-likeness (QED) is 0.793. The molecule has 90 valence electrons. The summed E-state index contributed by atoms with van der Waals surface area (Å²) >= 11 is 0. The van der Waals surface area contributed by atoms with Crippen LogP contribution in [0.15, 0.2) is 41.3 Å². The molecule has 0 aliphatic carbocycles. The number of hydrogen-bond acceptors (Lipinski definition) is 2. The number of nitrogens with zero attached hydrogens (tertiary/aromatic N) is 1. The molecule has 0 aliphatic heterocycles. The average Bonchev–Trinajstić information content (AvgIpc) is 2.26. The van der Waals surface area contributed by atoms with Gasteiger partial charge in [-0.1, -0.05) is 6.07 Å². The Bertz CT molecular complexity index is 595. The van der Waals surface area contributed by atoms with Crippen molar-refractivity contribution in [2.45, 2.75) is 0 Å². The molecule has 0 unspecified atom stereocenters. The zero-order chi connectivity index (χ0) is 11.7. The van der Waals surface area contributed by atoms with Gasteiger partial charge in [0.1, 0.15) is 5.82 Å². The highest BCUT2D eigenvalue weighted by Gasteiger charge is 2.06. The molecular weight excluding hydrogens is 243 g/mol. The number of anilines is 1. The summed E-state index contributed by atoms with van der Waals surface area (Å²) in [4.78, 5) is 11.8. The Balaban J connectivity index is 0.00000144. The van der Waals surface area contributed by atoms with E-state index in [1.54, 1.807) is 31.4 Å². The number of benzene rings is 1. The van der Waals surface area contributed by atoms with E-state index in [4.69, 9.17) is 5.73 Å². The summed E-state index contributed by atoms with van der Waals surface area (Å²) in [5, 5.41) is 0. The van der Waals surface area contributed by atoms with E-state index in [0.29, 0.717) is 11.1 Å². The molecule has 0 radical (unpaired) electrons. The lowest BCUT2D eigenvalue weighted by Crippen LogP contribution is -2.17. The first kappa shape index (κ1) is 13.3. The number of hydrogen-bond donors (Lipinski definition) is 1. The van der Waals surface area contributed by atoms with Crippen LogP contribution < -0.4 is 11.3 Å². The van der Waals surface area contributed by atoms with Gasteiger partial charge in [-0.3, -0.25) is 4.79 Å². The third-order valence-corrected chi connectivity index (χ3v) is 2.43. The van der Waals surface area contributed by atoms with E-state index >= 15 is 0 Å². The molecule has 1 aromatic carbocycles. The molecule has 2 rings (SSSR count). The topological polar surface area (TPSA) is 48.0 Å². The minimum absolute atomic E-state index is 0. The van der Waals surface area contributed by atoms with Gasteiger partial charge in [0.25, 0.3) is 5.56 Å². The van der Waals surface area contributed by atoms with E-state index in [2.05, 4.69) is 0 Å². The first-order chi connectivity index (χ1) is 7.59. The summed E-state index contributed by atoms with van der Waals surface area (Å²) in [7, 11) is 1.65. The average molecular weight is 255 g/mol. The van der Waals surface area contributed by atoms with Crippen molar-refractivity contribution in [3.63, 3.8) is 0 Å². The van der Waals surface area contributed by atoms with E-state index in [9.17, 15) is 9.18 Å². The van der Waals surface area contributed by atoms with Crippen molar-refractivity contribution in [2.24, 2.45) is 7.05 Å². The molecule has 17 heavy (non-hydrogen) atoms. The van der Waals surface area contributed by atoms with Gasteiger partial charge >= 0.3 is 0 Å². The maximum absolute atomic E-state index is 13.3. The fraction of sp³-hybridized carbons (Fsp3) is 0.0833. The Kier molecular flexibility index (Phi) is 3.91. The molecule has 0 fully saturated rings. The SMILES string of the molecule is Cl.Cn1cccc(-c2ccc(N)c(F)c2)c1=O. The molecule has 5 heteroatoms. The summed E-state index contributed by atoms with van der Waals surface area (Å²) in [5.74, 6) is -0.511. The summed E-state index contributed by atoms with van der Waals surface area (Å²) < 4.78 is 14.7. The van der Waals surface area contributed by atoms with Crippen LogP contribution in [0, 0.1) is 5.82 Å². The highest BCUT2D eigenvalue weighted by atomic mass is 35.5. The van der Waals surface area contributed by atoms with E-state index in [-0.39, 0.29) is 23.7 Å². The van der Waals surface area contributed by atoms with Gasteiger partial charge in [-0.25, -0.2) is 4.39 Å². The molecule has 0 atom stereocenters. The summed E-state index contributed by atoms with van der Waals surface area (Å²) in [5.41, 5.74) is 6.29. The number of nitrogen functional groups attached to an aromatic ring is 1. The van der Waals surface area contributed by atoms with Gasteiger partial charge in [0.2, 0.25) is 0 Å². The third kappa shape index (κ3) is 2.47. The van der Waals surface area contributed by atoms with Crippen molar-refractivity contribution in [1.82, 2.24) is 4.57 Å². The maximum atomic E-state index is 13.3. The minimum Gasteiger partial charge on any atom is -0.396 e. The van der Waals surface area contributed by atoms with Crippen LogP contribution in [0.25, 0.3) is 11.1 Å². The van der Waals surface area contributed by atoms with Gasteiger partial charge < -0.3 is 10.3 Å². The van der Waals surface area contributed by atoms with Crippen LogP contribution in [0.1, 0.15) is 0 Å². The van der Waals surface area contributed by atoms with Gasteiger partial charge in [-0.2, -0.15) is 0 Å². The number of pyridine rings is 1. The van der Waals surface area contributed by atoms with Crippen molar-refractivity contribution in [2.75, 3.05) is 5.73 Å². The second-order valence-electron chi connectivity index (χ2n) is 3.57. The van der Waals surface area contributed by atoms with Crippen LogP contribution in [-0.2, 0) is 7.05 Å². The predicted molar refractivity (Wildman–Crippen MR) is 68.7 cm³/mol. The second kappa shape index (κ2) is 5.01. The number of nitrogens with two attached hydrogens (primary N) is 1. The van der Waals surface area contributed by atoms with E-state index in [0.717, 1.165) is 0 Å². The lowest BCUT2D eigenvalue weighted by molar-refractivity contribution is 0.633. The fourth-order valence-electron chi connectivity index (χ4n) is 1.51. The Morgan fingerprint density at radius 3 is 2.65 bits per heavy atom. The van der Waals surface area contributed by atoms with Crippen LogP contribution in [0.3, 0.4) is 0 Å². The molecule has 1 aromatic heterocycles. The van der Waals surface area contributed by atoms with Gasteiger partial charge in [-0.05, 0) is 29.8 Å². The molecule has 0 amide bonds. The van der Waals surface area contributed by atoms with Gasteiger partial charge in [0.05, 0.1) is 5.69 Å². The summed E-state index contributed by atoms with van der Waals surface area (Å²) in [6, 6.07) is 7.76. The standard InChI is InChI=1S/C12H11FN2O.ClH/c1-15-6-2-3-9(12(15)16)8-4-5-11(14)10(13)7-8;/h2-7H,14H2,1H3;1H. The van der Waals surface area contributed by atoms with Crippen LogP contribution in [-0.4, -0.2) is 4.57 Å². The number of rotatable bonds is 1. The van der Waals surface area contributed by atoms with Crippen molar-refractivity contribution in [3.8, 4) is 11.1 Å². The molecule has 0 spiro atoms. The van der Waals surface area contributed by atoms with Crippen molar-refractivity contribution < 1.29 is 4.39 Å². The van der Waals surface area contributed by atoms with Crippen molar-refractivity contribution in [3.05, 3.63) is 52.7 Å². The smallest absolute Gasteiger partial charge is 0.258 e. The van der Waals surface area contributed by atoms with Crippen LogP contribution >= 0.6 is 12.4 Å². The molecule has 0 aliphatic rings. The zero-order valence-electron chi connectivity index (χ0n) is 9.18. The van der Waals surface area contributed by atoms with Crippen LogP contribution in [0.4, 0.5) is 10.1 Å². The maximum Gasteiger partial charge on any atom is 0.258 e. The first-order valence-electron chi connectivity index (χ1n) is 4.80. The molecule has 2 N–H and O–H groups in total. The first-order valence-corrected chi connectivity index (χ1v) is 4.80. The normalized spacial score (nSPS) is 9.76. The van der Waals surface area contributed by atoms with Crippen molar-refractivity contribution >= 4 is 18.1 Å². The molecular formula is C12H12ClFN2O. The van der Waals surface area contributed by atoms with Crippen LogP contribution in [0.5, 0.6) is 0 Å². The molecule has 0 saturated heterocycles. The molecule has 0 saturated carbocycles. The Morgan fingerprint density at radius 2 is 2.00 bits per heavy atom. The van der Waals surface area contributed by atoms with Crippen LogP contribution in [0.2, 0.25) is 0 Å². The van der Waals surface area contributed by atoms with Crippen molar-refractivity contribution in [1.29, 1.82) is 0 Å². The highest BCUT2D eigenvalue weighted by Crippen LogP contribution is 2.19. The number of halogens is 2. The van der Waals surface area contributed by atoms with Gasteiger partial charge in [-0.15, -0.1) is 12.4 Å². The van der Waals surface area contributed by atoms with Gasteiger partial charge in [0, 0.05) is 18.8 Å². The minimum atomic E-state index is -0.511. The highest BCUT2D eigenvalue weighted by molar-refractivity contribution is 5.85. The monoisotopic (exact) mass is 254 g/mol. The zero-order valence-corrected chi connectivity index (χ0v) is 10.00. The molecule has 0 bridgehead atoms. The van der Waals surface area contributed by atoms with Gasteiger partial charge in [0.15, 0.2) is 0 Å².